The zero-order valence-electron chi connectivity index (χ0n) is 15.2. The number of thiophene rings is 1. The van der Waals surface area contributed by atoms with Gasteiger partial charge in [-0.05, 0) is 47.3 Å². The van der Waals surface area contributed by atoms with Crippen LogP contribution in [0.4, 0.5) is 0 Å². The van der Waals surface area contributed by atoms with E-state index in [4.69, 9.17) is 5.41 Å². The van der Waals surface area contributed by atoms with Gasteiger partial charge in [0.1, 0.15) is 5.92 Å². The van der Waals surface area contributed by atoms with E-state index >= 15 is 0 Å². The van der Waals surface area contributed by atoms with Crippen molar-refractivity contribution >= 4 is 17.0 Å². The van der Waals surface area contributed by atoms with Crippen molar-refractivity contribution < 1.29 is 0 Å². The van der Waals surface area contributed by atoms with Crippen LogP contribution in [-0.2, 0) is 0 Å². The van der Waals surface area contributed by atoms with Gasteiger partial charge in [-0.25, -0.2) is 0 Å². The van der Waals surface area contributed by atoms with Gasteiger partial charge in [0.25, 0.3) is 0 Å². The minimum absolute atomic E-state index is 0.0703. The maximum Gasteiger partial charge on any atom is 0.190 e. The molecule has 2 aliphatic rings. The van der Waals surface area contributed by atoms with Crippen molar-refractivity contribution in [2.24, 2.45) is 17.3 Å². The molecule has 2 aromatic rings. The van der Waals surface area contributed by atoms with Crippen LogP contribution in [0.15, 0.2) is 59.5 Å². The predicted octanol–water partition coefficient (Wildman–Crippen LogP) is 5.16. The summed E-state index contributed by atoms with van der Waals surface area (Å²) in [5, 5.41) is 40.4. The third-order valence-corrected chi connectivity index (χ3v) is 7.08. The van der Waals surface area contributed by atoms with Gasteiger partial charge >= 0.3 is 0 Å². The summed E-state index contributed by atoms with van der Waals surface area (Å²) in [5.74, 6) is -1.04. The lowest BCUT2D eigenvalue weighted by Crippen LogP contribution is -2.49. The third kappa shape index (κ3) is 2.58. The SMILES string of the molecule is N#CC1C(=N)C(C#N)(C#N)[C@@H](c2cccs2)[C@@H]2C[C@H](c3ccccc3)CC=C12. The molecule has 1 heterocycles. The van der Waals surface area contributed by atoms with Gasteiger partial charge in [-0.2, -0.15) is 15.8 Å². The summed E-state index contributed by atoms with van der Waals surface area (Å²) in [5.41, 5.74) is 0.473. The van der Waals surface area contributed by atoms with E-state index in [-0.39, 0.29) is 17.5 Å². The second-order valence-corrected chi connectivity index (χ2v) is 8.37. The number of fused-ring (bicyclic) bond motifs is 1. The van der Waals surface area contributed by atoms with Crippen molar-refractivity contribution in [1.29, 1.82) is 21.2 Å². The maximum absolute atomic E-state index is 10.0. The molecule has 4 atom stereocenters. The highest BCUT2D eigenvalue weighted by Crippen LogP contribution is 2.57. The van der Waals surface area contributed by atoms with Gasteiger partial charge in [0.05, 0.1) is 23.9 Å². The van der Waals surface area contributed by atoms with E-state index in [9.17, 15) is 15.8 Å². The van der Waals surface area contributed by atoms with Crippen molar-refractivity contribution in [2.75, 3.05) is 0 Å². The summed E-state index contributed by atoms with van der Waals surface area (Å²) >= 11 is 1.52. The van der Waals surface area contributed by atoms with Crippen molar-refractivity contribution in [3.05, 3.63) is 69.9 Å². The lowest BCUT2D eigenvalue weighted by molar-refractivity contribution is 0.307. The molecule has 28 heavy (non-hydrogen) atoms. The zero-order valence-corrected chi connectivity index (χ0v) is 16.0. The van der Waals surface area contributed by atoms with Crippen LogP contribution in [-0.4, -0.2) is 5.71 Å². The molecule has 0 saturated heterocycles. The fourth-order valence-corrected chi connectivity index (χ4v) is 5.75. The second kappa shape index (κ2) is 7.08. The fraction of sp³-hybridized carbons (Fsp3) is 0.304. The second-order valence-electron chi connectivity index (χ2n) is 7.39. The van der Waals surface area contributed by atoms with Gasteiger partial charge in [0.15, 0.2) is 5.41 Å². The molecule has 1 fully saturated rings. The average molecular weight is 382 g/mol. The molecule has 0 spiro atoms. The molecule has 1 unspecified atom stereocenters. The highest BCUT2D eigenvalue weighted by molar-refractivity contribution is 7.10. The molecule has 136 valence electrons. The Balaban J connectivity index is 1.87. The molecular formula is C23H18N4S. The highest BCUT2D eigenvalue weighted by Gasteiger charge is 2.58. The number of nitrogens with zero attached hydrogens (tertiary/aromatic N) is 3. The van der Waals surface area contributed by atoms with Gasteiger partial charge < -0.3 is 5.41 Å². The molecular weight excluding hydrogens is 364 g/mol. The quantitative estimate of drug-likeness (QED) is 0.727. The van der Waals surface area contributed by atoms with Crippen LogP contribution in [0.1, 0.15) is 35.1 Å². The number of hydrogen-bond acceptors (Lipinski definition) is 5. The summed E-state index contributed by atoms with van der Waals surface area (Å²) in [6.45, 7) is 0. The third-order valence-electron chi connectivity index (χ3n) is 6.12. The first kappa shape index (κ1) is 18.2. The molecule has 1 aromatic heterocycles. The molecule has 0 radical (unpaired) electrons. The van der Waals surface area contributed by atoms with E-state index in [0.29, 0.717) is 0 Å². The van der Waals surface area contributed by atoms with E-state index < -0.39 is 17.3 Å². The summed E-state index contributed by atoms with van der Waals surface area (Å²) in [4.78, 5) is 0.939. The summed E-state index contributed by atoms with van der Waals surface area (Å²) in [6.07, 6.45) is 3.67. The Morgan fingerprint density at radius 1 is 1.04 bits per heavy atom. The molecule has 0 aliphatic heterocycles. The van der Waals surface area contributed by atoms with Crippen molar-refractivity contribution in [2.45, 2.75) is 24.7 Å². The summed E-state index contributed by atoms with van der Waals surface area (Å²) < 4.78 is 0. The number of nitrogens with one attached hydrogen (secondary N) is 1. The standard InChI is InChI=1S/C23H18N4S/c24-12-19-17-9-8-16(15-5-2-1-3-6-15)11-18(17)21(20-7-4-10-28-20)23(13-25,14-26)22(19)27/h1-7,9-10,16,18-19,21,27H,8,11H2/t16-,18-,19?,21-/m1/s1. The topological polar surface area (TPSA) is 95.2 Å². The van der Waals surface area contributed by atoms with E-state index in [2.05, 4.69) is 36.4 Å². The fourth-order valence-electron chi connectivity index (χ4n) is 4.79. The van der Waals surface area contributed by atoms with Crippen LogP contribution in [0.3, 0.4) is 0 Å². The monoisotopic (exact) mass is 382 g/mol. The molecule has 1 N–H and O–H groups in total. The number of benzene rings is 1. The van der Waals surface area contributed by atoms with Gasteiger partial charge in [-0.1, -0.05) is 42.5 Å². The Kier molecular flexibility index (Phi) is 4.60. The lowest BCUT2D eigenvalue weighted by atomic mass is 9.53. The molecule has 0 amide bonds. The Hall–Kier alpha value is -3.20. The normalized spacial score (nSPS) is 28.2. The van der Waals surface area contributed by atoms with Crippen LogP contribution < -0.4 is 0 Å². The molecule has 4 nitrogen and oxygen atoms in total. The molecule has 0 bridgehead atoms. The van der Waals surface area contributed by atoms with Gasteiger partial charge in [-0.3, -0.25) is 0 Å². The van der Waals surface area contributed by atoms with Crippen LogP contribution in [0.5, 0.6) is 0 Å². The first-order valence-corrected chi connectivity index (χ1v) is 10.1. The van der Waals surface area contributed by atoms with Crippen molar-refractivity contribution in [3.8, 4) is 18.2 Å². The Bertz CT molecular complexity index is 1030. The zero-order chi connectivity index (χ0) is 19.7. The predicted molar refractivity (Wildman–Crippen MR) is 108 cm³/mol. The van der Waals surface area contributed by atoms with Gasteiger partial charge in [-0.15, -0.1) is 11.3 Å². The molecule has 5 heteroatoms. The highest BCUT2D eigenvalue weighted by atomic mass is 32.1. The smallest absolute Gasteiger partial charge is 0.190 e. The van der Waals surface area contributed by atoms with Crippen LogP contribution in [0, 0.1) is 56.7 Å². The number of allylic oxidation sites excluding steroid dienone is 2. The van der Waals surface area contributed by atoms with Gasteiger partial charge in [0.2, 0.25) is 0 Å². The van der Waals surface area contributed by atoms with E-state index in [1.807, 2.05) is 35.7 Å². The minimum atomic E-state index is -1.61. The van der Waals surface area contributed by atoms with Crippen LogP contribution >= 0.6 is 11.3 Å². The van der Waals surface area contributed by atoms with Crippen molar-refractivity contribution in [1.82, 2.24) is 0 Å². The average Bonchev–Trinajstić information content (AvgIpc) is 3.27. The number of nitriles is 3. The largest absolute Gasteiger partial charge is 0.305 e. The summed E-state index contributed by atoms with van der Waals surface area (Å²) in [6, 6.07) is 20.6. The molecule has 4 rings (SSSR count). The molecule has 1 aromatic carbocycles. The Morgan fingerprint density at radius 2 is 1.79 bits per heavy atom. The maximum atomic E-state index is 10.0. The molecule has 2 aliphatic carbocycles. The number of hydrogen-bond donors (Lipinski definition) is 1. The van der Waals surface area contributed by atoms with Crippen molar-refractivity contribution in [3.63, 3.8) is 0 Å². The first-order chi connectivity index (χ1) is 13.7. The minimum Gasteiger partial charge on any atom is -0.305 e. The lowest BCUT2D eigenvalue weighted by Gasteiger charge is -2.46. The van der Waals surface area contributed by atoms with E-state index in [1.165, 1.54) is 16.9 Å². The van der Waals surface area contributed by atoms with E-state index in [0.717, 1.165) is 23.3 Å². The van der Waals surface area contributed by atoms with Crippen LogP contribution in [0.25, 0.3) is 0 Å². The van der Waals surface area contributed by atoms with E-state index in [1.54, 1.807) is 0 Å². The first-order valence-electron chi connectivity index (χ1n) is 9.25. The number of rotatable bonds is 2. The van der Waals surface area contributed by atoms with Crippen LogP contribution in [0.2, 0.25) is 0 Å². The molecule has 1 saturated carbocycles. The Labute approximate surface area is 168 Å². The Morgan fingerprint density at radius 3 is 2.39 bits per heavy atom. The summed E-state index contributed by atoms with van der Waals surface area (Å²) in [7, 11) is 0. The van der Waals surface area contributed by atoms with Gasteiger partial charge in [0, 0.05) is 10.8 Å².